The van der Waals surface area contributed by atoms with E-state index in [1.54, 1.807) is 0 Å². The van der Waals surface area contributed by atoms with Crippen molar-refractivity contribution in [3.63, 3.8) is 0 Å². The fraction of sp³-hybridized carbons (Fsp3) is 0.0833. The Balaban J connectivity index is 1.78. The normalized spacial score (nSPS) is 15.4. The van der Waals surface area contributed by atoms with Crippen molar-refractivity contribution in [1.29, 1.82) is 0 Å². The van der Waals surface area contributed by atoms with E-state index in [1.165, 1.54) is 36.6 Å². The molecule has 0 radical (unpaired) electrons. The van der Waals surface area contributed by atoms with E-state index in [0.29, 0.717) is 11.6 Å². The number of esters is 1. The van der Waals surface area contributed by atoms with Gasteiger partial charge in [0.25, 0.3) is 0 Å². The fourth-order valence-electron chi connectivity index (χ4n) is 4.02. The van der Waals surface area contributed by atoms with Gasteiger partial charge in [0.15, 0.2) is 0 Å². The fourth-order valence-corrected chi connectivity index (χ4v) is 4.02. The van der Waals surface area contributed by atoms with E-state index in [1.807, 2.05) is 0 Å². The van der Waals surface area contributed by atoms with Crippen LogP contribution in [0.4, 0.5) is 8.78 Å². The monoisotopic (exact) mass is 436 g/mol. The van der Waals surface area contributed by atoms with Crippen LogP contribution in [0.25, 0.3) is 22.1 Å². The van der Waals surface area contributed by atoms with E-state index >= 15 is 0 Å². The second kappa shape index (κ2) is 7.19. The molecule has 8 heteroatoms. The topological polar surface area (TPSA) is 97.0 Å². The second-order valence-electron chi connectivity index (χ2n) is 7.43. The maximum absolute atomic E-state index is 14.6. The second-order valence-corrected chi connectivity index (χ2v) is 7.43. The van der Waals surface area contributed by atoms with E-state index in [2.05, 4.69) is 0 Å². The number of hydrogen-bond acceptors (Lipinski definition) is 6. The van der Waals surface area contributed by atoms with Gasteiger partial charge >= 0.3 is 5.97 Å². The van der Waals surface area contributed by atoms with Crippen molar-refractivity contribution >= 4 is 16.9 Å². The first-order chi connectivity index (χ1) is 15.3. The predicted octanol–water partition coefficient (Wildman–Crippen LogP) is 4.59. The summed E-state index contributed by atoms with van der Waals surface area (Å²) < 4.78 is 39.0. The molecule has 0 aliphatic carbocycles. The maximum Gasteiger partial charge on any atom is 0.312 e. The highest BCUT2D eigenvalue weighted by Crippen LogP contribution is 2.46. The quantitative estimate of drug-likeness (QED) is 0.352. The summed E-state index contributed by atoms with van der Waals surface area (Å²) >= 11 is 0. The molecule has 0 unspecified atom stereocenters. The van der Waals surface area contributed by atoms with Crippen molar-refractivity contribution in [1.82, 2.24) is 0 Å². The Morgan fingerprint density at radius 2 is 1.72 bits per heavy atom. The maximum atomic E-state index is 14.6. The zero-order chi connectivity index (χ0) is 22.6. The van der Waals surface area contributed by atoms with Crippen LogP contribution in [0.3, 0.4) is 0 Å². The molecule has 0 saturated heterocycles. The van der Waals surface area contributed by atoms with E-state index in [9.17, 15) is 28.6 Å². The van der Waals surface area contributed by atoms with Gasteiger partial charge in [-0.1, -0.05) is 18.2 Å². The molecule has 0 bridgehead atoms. The third kappa shape index (κ3) is 3.08. The van der Waals surface area contributed by atoms with Crippen LogP contribution in [0.1, 0.15) is 23.5 Å². The minimum Gasteiger partial charge on any atom is -0.508 e. The highest BCUT2D eigenvalue weighted by Gasteiger charge is 2.35. The lowest BCUT2D eigenvalue weighted by molar-refractivity contribution is -0.135. The van der Waals surface area contributed by atoms with Crippen LogP contribution in [0, 0.1) is 11.6 Å². The molecule has 1 atom stereocenters. The predicted molar refractivity (Wildman–Crippen MR) is 110 cm³/mol. The van der Waals surface area contributed by atoms with Crippen LogP contribution >= 0.6 is 0 Å². The number of fused-ring (bicyclic) bond motifs is 3. The average Bonchev–Trinajstić information content (AvgIpc) is 2.74. The Morgan fingerprint density at radius 1 is 0.969 bits per heavy atom. The molecule has 1 aliphatic rings. The Kier molecular flexibility index (Phi) is 4.44. The molecule has 2 N–H and O–H groups in total. The molecule has 0 amide bonds. The molecule has 6 nitrogen and oxygen atoms in total. The Labute approximate surface area is 178 Å². The van der Waals surface area contributed by atoms with Crippen molar-refractivity contribution in [2.24, 2.45) is 0 Å². The van der Waals surface area contributed by atoms with Gasteiger partial charge in [-0.05, 0) is 29.3 Å². The van der Waals surface area contributed by atoms with Gasteiger partial charge in [0.1, 0.15) is 46.1 Å². The van der Waals surface area contributed by atoms with E-state index in [0.717, 1.165) is 12.1 Å². The molecule has 2 heterocycles. The van der Waals surface area contributed by atoms with E-state index in [4.69, 9.17) is 9.15 Å². The van der Waals surface area contributed by atoms with Crippen LogP contribution in [0.15, 0.2) is 64.0 Å². The molecular formula is C24H14F2O6. The van der Waals surface area contributed by atoms with Gasteiger partial charge in [-0.3, -0.25) is 9.59 Å². The van der Waals surface area contributed by atoms with E-state index in [-0.39, 0.29) is 45.6 Å². The number of hydrogen-bond donors (Lipinski definition) is 2. The number of carbonyl (C=O) groups is 1. The van der Waals surface area contributed by atoms with Crippen molar-refractivity contribution in [2.45, 2.75) is 12.3 Å². The highest BCUT2D eigenvalue weighted by atomic mass is 19.1. The van der Waals surface area contributed by atoms with Gasteiger partial charge in [-0.2, -0.15) is 0 Å². The number of carbonyl (C=O) groups excluding carboxylic acids is 1. The molecule has 0 spiro atoms. The Hall–Kier alpha value is -4.20. The Bertz CT molecular complexity index is 1460. The van der Waals surface area contributed by atoms with Crippen LogP contribution in [0.2, 0.25) is 0 Å². The third-order valence-corrected chi connectivity index (χ3v) is 5.49. The molecule has 1 aliphatic heterocycles. The molecule has 5 rings (SSSR count). The SMILES string of the molecule is O=C1C[C@H](c2ccc(F)cc2F)c2c(cc(O)c3c(=O)c(-c4ccc(O)cc4)coc23)O1. The lowest BCUT2D eigenvalue weighted by Gasteiger charge is -2.26. The number of phenolic OH excluding ortho intramolecular Hbond substituents is 2. The summed E-state index contributed by atoms with van der Waals surface area (Å²) in [6.45, 7) is 0. The largest absolute Gasteiger partial charge is 0.508 e. The van der Waals surface area contributed by atoms with Crippen molar-refractivity contribution in [3.8, 4) is 28.4 Å². The Morgan fingerprint density at radius 3 is 2.44 bits per heavy atom. The summed E-state index contributed by atoms with van der Waals surface area (Å²) in [7, 11) is 0. The molecule has 160 valence electrons. The first kappa shape index (κ1) is 19.7. The zero-order valence-corrected chi connectivity index (χ0v) is 16.3. The summed E-state index contributed by atoms with van der Waals surface area (Å²) in [6, 6.07) is 9.94. The first-order valence-corrected chi connectivity index (χ1v) is 9.60. The van der Waals surface area contributed by atoms with Crippen molar-refractivity contribution in [3.05, 3.63) is 87.8 Å². The first-order valence-electron chi connectivity index (χ1n) is 9.60. The van der Waals surface area contributed by atoms with Crippen LogP contribution in [-0.2, 0) is 4.79 Å². The number of aromatic hydroxyl groups is 2. The van der Waals surface area contributed by atoms with Gasteiger partial charge in [0.05, 0.1) is 12.0 Å². The molecule has 0 saturated carbocycles. The third-order valence-electron chi connectivity index (χ3n) is 5.49. The molecule has 3 aromatic carbocycles. The van der Waals surface area contributed by atoms with Gasteiger partial charge in [-0.25, -0.2) is 8.78 Å². The van der Waals surface area contributed by atoms with Crippen LogP contribution in [0.5, 0.6) is 17.2 Å². The number of ether oxygens (including phenoxy) is 1. The van der Waals surface area contributed by atoms with Gasteiger partial charge < -0.3 is 19.4 Å². The molecule has 1 aromatic heterocycles. The summed E-state index contributed by atoms with van der Waals surface area (Å²) in [5, 5.41) is 19.9. The molecule has 4 aromatic rings. The minimum atomic E-state index is -0.919. The van der Waals surface area contributed by atoms with Gasteiger partial charge in [-0.15, -0.1) is 0 Å². The lowest BCUT2D eigenvalue weighted by Crippen LogP contribution is -2.22. The smallest absolute Gasteiger partial charge is 0.312 e. The van der Waals surface area contributed by atoms with Crippen molar-refractivity contribution in [2.75, 3.05) is 0 Å². The van der Waals surface area contributed by atoms with E-state index < -0.39 is 34.7 Å². The van der Waals surface area contributed by atoms with Crippen LogP contribution in [-0.4, -0.2) is 16.2 Å². The summed E-state index contributed by atoms with van der Waals surface area (Å²) in [6.07, 6.45) is 0.921. The summed E-state index contributed by atoms with van der Waals surface area (Å²) in [5.74, 6) is -3.75. The van der Waals surface area contributed by atoms with Crippen LogP contribution < -0.4 is 10.2 Å². The van der Waals surface area contributed by atoms with Gasteiger partial charge in [0, 0.05) is 23.6 Å². The molecule has 32 heavy (non-hydrogen) atoms. The minimum absolute atomic E-state index is 0.0156. The van der Waals surface area contributed by atoms with Gasteiger partial charge in [0.2, 0.25) is 5.43 Å². The lowest BCUT2D eigenvalue weighted by atomic mass is 9.84. The van der Waals surface area contributed by atoms with Crippen molar-refractivity contribution < 1.29 is 32.9 Å². The number of phenols is 2. The standard InChI is InChI=1S/C24H14F2O6/c25-12-3-6-14(17(26)7-12)15-8-20(29)32-19-9-18(28)22-23(30)16(10-31-24(22)21(15)19)11-1-4-13(27)5-2-11/h1-7,9-10,15,27-28H,8H2/t15-/m1/s1. The number of benzene rings is 3. The summed E-state index contributed by atoms with van der Waals surface area (Å²) in [5.41, 5.74) is 0.188. The number of rotatable bonds is 2. The zero-order valence-electron chi connectivity index (χ0n) is 16.3. The number of halogens is 2. The average molecular weight is 436 g/mol. The summed E-state index contributed by atoms with van der Waals surface area (Å²) in [4.78, 5) is 25.4. The molecule has 0 fully saturated rings. The highest BCUT2D eigenvalue weighted by molar-refractivity contribution is 5.94. The molecular weight excluding hydrogens is 422 g/mol.